The van der Waals surface area contributed by atoms with Crippen LogP contribution in [0.2, 0.25) is 0 Å². The first-order chi connectivity index (χ1) is 17.3. The smallest absolute Gasteiger partial charge is 0.351 e. The highest BCUT2D eigenvalue weighted by atomic mass is 79.9. The van der Waals surface area contributed by atoms with Crippen molar-refractivity contribution in [2.75, 3.05) is 20.0 Å². The number of carbonyl (C=O) groups is 1. The molecule has 0 saturated carbocycles. The van der Waals surface area contributed by atoms with E-state index in [2.05, 4.69) is 82.2 Å². The summed E-state index contributed by atoms with van der Waals surface area (Å²) in [7, 11) is 3.09. The normalized spacial score (nSPS) is 10.0. The molecule has 12 nitrogen and oxygen atoms in total. The summed E-state index contributed by atoms with van der Waals surface area (Å²) in [5.74, 6) is 0.597. The van der Waals surface area contributed by atoms with E-state index < -0.39 is 5.97 Å². The molecule has 0 fully saturated rings. The molecule has 5 heterocycles. The van der Waals surface area contributed by atoms with Crippen LogP contribution in [0.3, 0.4) is 0 Å². The summed E-state index contributed by atoms with van der Waals surface area (Å²) < 4.78 is 17.6. The van der Waals surface area contributed by atoms with Gasteiger partial charge in [-0.3, -0.25) is 4.98 Å². The molecule has 0 aliphatic carbocycles. The zero-order chi connectivity index (χ0) is 26.1. The third-order valence-electron chi connectivity index (χ3n) is 3.93. The van der Waals surface area contributed by atoms with Gasteiger partial charge in [0.25, 0.3) is 0 Å². The topological polar surface area (TPSA) is 153 Å². The maximum Gasteiger partial charge on any atom is 0.351 e. The summed E-state index contributed by atoms with van der Waals surface area (Å²) in [6, 6.07) is 5.28. The van der Waals surface area contributed by atoms with Crippen LogP contribution in [-0.2, 0) is 3.83 Å². The van der Waals surface area contributed by atoms with Gasteiger partial charge in [0, 0.05) is 24.0 Å². The lowest BCUT2D eigenvalue weighted by Gasteiger charge is -1.99. The number of aromatic nitrogens is 7. The number of nitrogens with two attached hydrogens (primary N) is 1. The number of rotatable bonds is 4. The van der Waals surface area contributed by atoms with Crippen molar-refractivity contribution in [1.29, 1.82) is 0 Å². The molecule has 2 N–H and O–H groups in total. The number of fused-ring (bicyclic) bond motifs is 1. The van der Waals surface area contributed by atoms with Crippen molar-refractivity contribution in [1.82, 2.24) is 34.8 Å². The highest BCUT2D eigenvalue weighted by Crippen LogP contribution is 2.25. The molecule has 36 heavy (non-hydrogen) atoms. The Kier molecular flexibility index (Phi) is 10.5. The molecule has 17 heteroatoms. The second-order valence-electron chi connectivity index (χ2n) is 6.17. The Morgan fingerprint density at radius 3 is 2.47 bits per heavy atom. The summed E-state index contributed by atoms with van der Waals surface area (Å²) >= 11 is 11.8. The van der Waals surface area contributed by atoms with Gasteiger partial charge in [0.2, 0.25) is 16.0 Å². The molecule has 0 unspecified atom stereocenters. The lowest BCUT2D eigenvalue weighted by Crippen LogP contribution is -1.98. The maximum absolute atomic E-state index is 10.9. The van der Waals surface area contributed by atoms with Gasteiger partial charge in [0.15, 0.2) is 24.1 Å². The number of halogens is 3. The van der Waals surface area contributed by atoms with Crippen molar-refractivity contribution in [3.05, 3.63) is 56.4 Å². The molecule has 5 aromatic rings. The van der Waals surface area contributed by atoms with Crippen LogP contribution in [0, 0.1) is 0 Å². The van der Waals surface area contributed by atoms with Gasteiger partial charge in [-0.15, -0.1) is 15.3 Å². The van der Waals surface area contributed by atoms with E-state index in [0.717, 1.165) is 24.1 Å². The van der Waals surface area contributed by atoms with Gasteiger partial charge in [-0.05, 0) is 44.0 Å². The van der Waals surface area contributed by atoms with E-state index >= 15 is 0 Å². The zero-order valence-corrected chi connectivity index (χ0v) is 24.7. The molecule has 0 aliphatic heterocycles. The third-order valence-corrected chi connectivity index (χ3v) is 6.76. The fourth-order valence-corrected chi connectivity index (χ4v) is 4.71. The predicted octanol–water partition coefficient (Wildman–Crippen LogP) is 5.06. The van der Waals surface area contributed by atoms with Crippen LogP contribution in [0.1, 0.15) is 10.4 Å². The van der Waals surface area contributed by atoms with Crippen molar-refractivity contribution in [2.45, 2.75) is 0 Å². The summed E-state index contributed by atoms with van der Waals surface area (Å²) in [6.45, 7) is 0. The second-order valence-corrected chi connectivity index (χ2v) is 11.0. The van der Waals surface area contributed by atoms with Crippen LogP contribution in [0.4, 0.5) is 5.13 Å². The van der Waals surface area contributed by atoms with Gasteiger partial charge in [-0.1, -0.05) is 22.7 Å². The van der Waals surface area contributed by atoms with Crippen LogP contribution in [0.25, 0.3) is 16.2 Å². The first-order valence-electron chi connectivity index (χ1n) is 9.41. The van der Waals surface area contributed by atoms with Gasteiger partial charge in [-0.25, -0.2) is 19.3 Å². The SMILES string of the molecule is COc1cc(-c2cn3nc(Br)sc3n2)ccn1.COc1cncc(C(=O)OBr)c1.Nc1nnc(Br)s1. The minimum absolute atomic E-state index is 0.339. The van der Waals surface area contributed by atoms with Crippen molar-refractivity contribution in [2.24, 2.45) is 0 Å². The molecular formula is C19H15Br3N8O4S2. The fraction of sp³-hybridized carbons (Fsp3) is 0.105. The van der Waals surface area contributed by atoms with E-state index in [-0.39, 0.29) is 0 Å². The number of ether oxygens (including phenoxy) is 2. The van der Waals surface area contributed by atoms with Crippen LogP contribution >= 0.6 is 70.8 Å². The lowest BCUT2D eigenvalue weighted by atomic mass is 10.2. The third kappa shape index (κ3) is 7.89. The summed E-state index contributed by atoms with van der Waals surface area (Å²) in [5, 5.41) is 11.8. The lowest BCUT2D eigenvalue weighted by molar-refractivity contribution is 0.0781. The standard InChI is InChI=1S/C10H7BrN4OS.C7H6BrNO3.C2H2BrN3S/c1-16-8-4-6(2-3-12-8)7-5-15-10(13-7)17-9(11)14-15;1-11-6-2-5(3-9-4-6)7(10)12-8;3-1-5-6-2(4)7-1/h2-5H,1H3;2-4H,1H3;(H2,4,6). The Morgan fingerprint density at radius 1 is 1.08 bits per heavy atom. The van der Waals surface area contributed by atoms with Crippen molar-refractivity contribution in [3.63, 3.8) is 0 Å². The number of nitrogens with zero attached hydrogens (tertiary/aromatic N) is 7. The molecule has 0 aromatic carbocycles. The van der Waals surface area contributed by atoms with Gasteiger partial charge in [0.05, 0.1) is 37.9 Å². The molecule has 0 spiro atoms. The minimum Gasteiger partial charge on any atom is -0.495 e. The summed E-state index contributed by atoms with van der Waals surface area (Å²) in [6.07, 6.45) is 6.48. The van der Waals surface area contributed by atoms with Crippen molar-refractivity contribution < 1.29 is 18.1 Å². The van der Waals surface area contributed by atoms with Gasteiger partial charge in [-0.2, -0.15) is 0 Å². The molecule has 5 rings (SSSR count). The van der Waals surface area contributed by atoms with E-state index in [9.17, 15) is 4.79 Å². The summed E-state index contributed by atoms with van der Waals surface area (Å²) in [5.41, 5.74) is 7.35. The highest BCUT2D eigenvalue weighted by Gasteiger charge is 2.09. The van der Waals surface area contributed by atoms with Crippen molar-refractivity contribution in [3.8, 4) is 22.9 Å². The van der Waals surface area contributed by atoms with Crippen molar-refractivity contribution >= 4 is 86.9 Å². The summed E-state index contributed by atoms with van der Waals surface area (Å²) in [4.78, 5) is 24.1. The number of carbonyl (C=O) groups excluding carboxylic acids is 1. The van der Waals surface area contributed by atoms with Gasteiger partial charge < -0.3 is 19.0 Å². The molecule has 0 radical (unpaired) electrons. The Morgan fingerprint density at radius 2 is 1.89 bits per heavy atom. The number of nitrogen functional groups attached to an aromatic ring is 1. The number of hydrogen-bond donors (Lipinski definition) is 1. The number of methoxy groups -OCH3 is 2. The van der Waals surface area contributed by atoms with E-state index in [1.165, 1.54) is 48.2 Å². The Hall–Kier alpha value is -2.73. The molecule has 5 aromatic heterocycles. The first kappa shape index (κ1) is 27.9. The second kappa shape index (κ2) is 13.5. The van der Waals surface area contributed by atoms with Gasteiger partial charge >= 0.3 is 5.97 Å². The Labute approximate surface area is 237 Å². The molecule has 0 atom stereocenters. The van der Waals surface area contributed by atoms with Crippen LogP contribution in [-0.4, -0.2) is 55.0 Å². The monoisotopic (exact) mass is 720 g/mol. The Balaban J connectivity index is 0.000000165. The highest BCUT2D eigenvalue weighted by molar-refractivity contribution is 9.11. The number of pyridine rings is 2. The predicted molar refractivity (Wildman–Crippen MR) is 145 cm³/mol. The molecule has 188 valence electrons. The fourth-order valence-electron chi connectivity index (χ4n) is 2.40. The van der Waals surface area contributed by atoms with E-state index in [4.69, 9.17) is 15.2 Å². The van der Waals surface area contributed by atoms with E-state index in [1.807, 2.05) is 18.3 Å². The zero-order valence-electron chi connectivity index (χ0n) is 18.3. The average molecular weight is 723 g/mol. The molecule has 0 aliphatic rings. The number of imidazole rings is 1. The van der Waals surface area contributed by atoms with Crippen LogP contribution < -0.4 is 15.2 Å². The minimum atomic E-state index is -0.499. The molecule has 0 amide bonds. The Bertz CT molecular complexity index is 1400. The molecule has 0 bridgehead atoms. The van der Waals surface area contributed by atoms with Crippen LogP contribution in [0.5, 0.6) is 11.6 Å². The van der Waals surface area contributed by atoms with Gasteiger partial charge in [0.1, 0.15) is 5.75 Å². The largest absolute Gasteiger partial charge is 0.495 e. The van der Waals surface area contributed by atoms with E-state index in [1.54, 1.807) is 17.8 Å². The average Bonchev–Trinajstić information content (AvgIpc) is 3.58. The molecular weight excluding hydrogens is 708 g/mol. The number of anilines is 1. The maximum atomic E-state index is 10.9. The molecule has 0 saturated heterocycles. The number of hydrogen-bond acceptors (Lipinski definition) is 13. The first-order valence-corrected chi connectivity index (χ1v) is 13.3. The van der Waals surface area contributed by atoms with Crippen LogP contribution in [0.15, 0.2) is 50.8 Å². The van der Waals surface area contributed by atoms with E-state index in [0.29, 0.717) is 22.3 Å². The quantitative estimate of drug-likeness (QED) is 0.265.